The third-order valence-electron chi connectivity index (χ3n) is 1.38. The van der Waals surface area contributed by atoms with E-state index in [2.05, 4.69) is 16.9 Å². The van der Waals surface area contributed by atoms with Crippen molar-refractivity contribution < 1.29 is 0 Å². The van der Waals surface area contributed by atoms with Crippen LogP contribution < -0.4 is 0 Å². The van der Waals surface area contributed by atoms with Crippen molar-refractivity contribution in [3.05, 3.63) is 23.9 Å². The van der Waals surface area contributed by atoms with Crippen LogP contribution in [0.3, 0.4) is 0 Å². The van der Waals surface area contributed by atoms with Crippen LogP contribution in [0, 0.1) is 6.92 Å². The van der Waals surface area contributed by atoms with E-state index in [-0.39, 0.29) is 0 Å². The molecule has 0 aromatic carbocycles. The molecular weight excluding hydrogens is 136 g/mol. The van der Waals surface area contributed by atoms with Crippen LogP contribution in [0.4, 0.5) is 5.82 Å². The van der Waals surface area contributed by atoms with Gasteiger partial charge in [0.1, 0.15) is 0 Å². The Morgan fingerprint density at radius 2 is 2.45 bits per heavy atom. The number of aryl methyl sites for hydroxylation is 1. The SMILES string of the molecule is CC/C=N\c1ncccc1C. The van der Waals surface area contributed by atoms with Gasteiger partial charge in [-0.25, -0.2) is 9.98 Å². The lowest BCUT2D eigenvalue weighted by Gasteiger charge is -1.95. The number of nitrogens with zero attached hydrogens (tertiary/aromatic N) is 2. The molecular formula is C9H12N2. The average molecular weight is 148 g/mol. The summed E-state index contributed by atoms with van der Waals surface area (Å²) in [5.74, 6) is 0.828. The van der Waals surface area contributed by atoms with Gasteiger partial charge in [0.25, 0.3) is 0 Å². The monoisotopic (exact) mass is 148 g/mol. The van der Waals surface area contributed by atoms with Crippen molar-refractivity contribution in [2.45, 2.75) is 20.3 Å². The quantitative estimate of drug-likeness (QED) is 0.591. The molecule has 2 nitrogen and oxygen atoms in total. The lowest BCUT2D eigenvalue weighted by Crippen LogP contribution is -1.78. The van der Waals surface area contributed by atoms with Gasteiger partial charge in [0, 0.05) is 12.4 Å². The van der Waals surface area contributed by atoms with E-state index in [1.807, 2.05) is 25.3 Å². The van der Waals surface area contributed by atoms with Crippen molar-refractivity contribution in [2.24, 2.45) is 4.99 Å². The highest BCUT2D eigenvalue weighted by molar-refractivity contribution is 5.62. The summed E-state index contributed by atoms with van der Waals surface area (Å²) in [4.78, 5) is 8.31. The largest absolute Gasteiger partial charge is 0.241 e. The van der Waals surface area contributed by atoms with Gasteiger partial charge in [-0.05, 0) is 25.0 Å². The van der Waals surface area contributed by atoms with Gasteiger partial charge in [-0.3, -0.25) is 0 Å². The van der Waals surface area contributed by atoms with Gasteiger partial charge in [-0.15, -0.1) is 0 Å². The van der Waals surface area contributed by atoms with Crippen LogP contribution in [0.25, 0.3) is 0 Å². The summed E-state index contributed by atoms with van der Waals surface area (Å²) < 4.78 is 0. The summed E-state index contributed by atoms with van der Waals surface area (Å²) in [6, 6.07) is 3.93. The standard InChI is InChI=1S/C9H12N2/c1-3-6-10-9-8(2)5-4-7-11-9/h4-7H,3H2,1-2H3/b10-6-. The summed E-state index contributed by atoms with van der Waals surface area (Å²) >= 11 is 0. The second-order valence-electron chi connectivity index (χ2n) is 2.36. The second kappa shape index (κ2) is 3.86. The number of aromatic nitrogens is 1. The molecule has 0 spiro atoms. The number of hydrogen-bond donors (Lipinski definition) is 0. The molecule has 0 aliphatic carbocycles. The van der Waals surface area contributed by atoms with Gasteiger partial charge in [0.15, 0.2) is 5.82 Å². The predicted octanol–water partition coefficient (Wildman–Crippen LogP) is 2.50. The number of hydrogen-bond acceptors (Lipinski definition) is 2. The van der Waals surface area contributed by atoms with Gasteiger partial charge in [-0.2, -0.15) is 0 Å². The van der Waals surface area contributed by atoms with E-state index in [9.17, 15) is 0 Å². The Bertz CT molecular complexity index is 253. The van der Waals surface area contributed by atoms with Crippen molar-refractivity contribution in [3.63, 3.8) is 0 Å². The van der Waals surface area contributed by atoms with E-state index in [0.717, 1.165) is 17.8 Å². The van der Waals surface area contributed by atoms with Crippen molar-refractivity contribution in [2.75, 3.05) is 0 Å². The van der Waals surface area contributed by atoms with Crippen LogP contribution in [0.15, 0.2) is 23.3 Å². The third-order valence-corrected chi connectivity index (χ3v) is 1.38. The van der Waals surface area contributed by atoms with Crippen LogP contribution in [-0.2, 0) is 0 Å². The third kappa shape index (κ3) is 2.15. The number of rotatable bonds is 2. The molecule has 1 rings (SSSR count). The first-order chi connectivity index (χ1) is 5.34. The zero-order valence-electron chi connectivity index (χ0n) is 6.91. The molecule has 0 aliphatic rings. The highest BCUT2D eigenvalue weighted by Crippen LogP contribution is 2.11. The topological polar surface area (TPSA) is 25.2 Å². The maximum Gasteiger partial charge on any atom is 0.154 e. The first kappa shape index (κ1) is 7.92. The van der Waals surface area contributed by atoms with Crippen LogP contribution in [0.2, 0.25) is 0 Å². The molecule has 0 bridgehead atoms. The van der Waals surface area contributed by atoms with Gasteiger partial charge >= 0.3 is 0 Å². The summed E-state index contributed by atoms with van der Waals surface area (Å²) in [6.45, 7) is 4.07. The average Bonchev–Trinajstić information content (AvgIpc) is 2.03. The molecule has 1 aromatic heterocycles. The minimum atomic E-state index is 0.828. The molecule has 1 heterocycles. The zero-order valence-corrected chi connectivity index (χ0v) is 6.91. The van der Waals surface area contributed by atoms with Gasteiger partial charge in [0.05, 0.1) is 0 Å². The van der Waals surface area contributed by atoms with E-state index >= 15 is 0 Å². The van der Waals surface area contributed by atoms with Crippen LogP contribution in [0.5, 0.6) is 0 Å². The smallest absolute Gasteiger partial charge is 0.154 e. The van der Waals surface area contributed by atoms with Crippen molar-refractivity contribution in [1.29, 1.82) is 0 Å². The Hall–Kier alpha value is -1.18. The van der Waals surface area contributed by atoms with Gasteiger partial charge < -0.3 is 0 Å². The molecule has 0 aliphatic heterocycles. The van der Waals surface area contributed by atoms with Crippen LogP contribution >= 0.6 is 0 Å². The number of aliphatic imine (C=N–C) groups is 1. The molecule has 58 valence electrons. The molecule has 0 radical (unpaired) electrons. The van der Waals surface area contributed by atoms with E-state index in [4.69, 9.17) is 0 Å². The van der Waals surface area contributed by atoms with Crippen molar-refractivity contribution >= 4 is 12.0 Å². The maximum atomic E-state index is 4.19. The molecule has 1 aromatic rings. The fourth-order valence-corrected chi connectivity index (χ4v) is 0.790. The summed E-state index contributed by atoms with van der Waals surface area (Å²) in [5, 5.41) is 0. The molecule has 0 saturated heterocycles. The Morgan fingerprint density at radius 1 is 1.64 bits per heavy atom. The minimum Gasteiger partial charge on any atom is -0.241 e. The van der Waals surface area contributed by atoms with E-state index in [1.54, 1.807) is 6.20 Å². The highest BCUT2D eigenvalue weighted by atomic mass is 14.9. The zero-order chi connectivity index (χ0) is 8.10. The summed E-state index contributed by atoms with van der Waals surface area (Å²) in [7, 11) is 0. The highest BCUT2D eigenvalue weighted by Gasteiger charge is 1.91. The van der Waals surface area contributed by atoms with E-state index in [1.165, 1.54) is 0 Å². The summed E-state index contributed by atoms with van der Waals surface area (Å²) in [6.07, 6.45) is 4.58. The Morgan fingerprint density at radius 3 is 3.09 bits per heavy atom. The van der Waals surface area contributed by atoms with Crippen molar-refractivity contribution in [3.8, 4) is 0 Å². The fraction of sp³-hybridized carbons (Fsp3) is 0.333. The molecule has 0 amide bonds. The molecule has 2 heteroatoms. The van der Waals surface area contributed by atoms with Gasteiger partial charge in [-0.1, -0.05) is 13.0 Å². The maximum absolute atomic E-state index is 4.19. The van der Waals surface area contributed by atoms with Crippen LogP contribution in [0.1, 0.15) is 18.9 Å². The predicted molar refractivity (Wildman–Crippen MR) is 47.4 cm³/mol. The van der Waals surface area contributed by atoms with Crippen LogP contribution in [-0.4, -0.2) is 11.2 Å². The van der Waals surface area contributed by atoms with Crippen molar-refractivity contribution in [1.82, 2.24) is 4.98 Å². The number of pyridine rings is 1. The molecule has 0 N–H and O–H groups in total. The molecule has 0 fully saturated rings. The second-order valence-corrected chi connectivity index (χ2v) is 2.36. The molecule has 11 heavy (non-hydrogen) atoms. The Kier molecular flexibility index (Phi) is 2.78. The summed E-state index contributed by atoms with van der Waals surface area (Å²) in [5.41, 5.74) is 1.12. The minimum absolute atomic E-state index is 0.828. The fourth-order valence-electron chi connectivity index (χ4n) is 0.790. The van der Waals surface area contributed by atoms with Gasteiger partial charge in [0.2, 0.25) is 0 Å². The Balaban J connectivity index is 2.86. The lowest BCUT2D eigenvalue weighted by atomic mass is 10.3. The first-order valence-corrected chi connectivity index (χ1v) is 3.78. The normalized spacial score (nSPS) is 10.7. The molecule has 0 saturated carbocycles. The molecule has 0 unspecified atom stereocenters. The van der Waals surface area contributed by atoms with E-state index < -0.39 is 0 Å². The lowest BCUT2D eigenvalue weighted by molar-refractivity contribution is 1.21. The Labute approximate surface area is 67.0 Å². The molecule has 0 atom stereocenters. The first-order valence-electron chi connectivity index (χ1n) is 3.78. The van der Waals surface area contributed by atoms with E-state index in [0.29, 0.717) is 0 Å².